The summed E-state index contributed by atoms with van der Waals surface area (Å²) in [4.78, 5) is 0. The first-order valence-electron chi connectivity index (χ1n) is 14.2. The molecule has 0 aromatic heterocycles. The van der Waals surface area contributed by atoms with Gasteiger partial charge in [-0.3, -0.25) is 0 Å². The molecule has 5 heteroatoms. The highest BCUT2D eigenvalue weighted by Gasteiger charge is 2.18. The average Bonchev–Trinajstić information content (AvgIpc) is 3.05. The average molecular weight is 624 g/mol. The Morgan fingerprint density at radius 2 is 1.02 bits per heavy atom. The fraction of sp³-hybridized carbons (Fsp3) is 0.189. The molecule has 0 N–H and O–H groups in total. The van der Waals surface area contributed by atoms with E-state index in [1.165, 1.54) is 0 Å². The monoisotopic (exact) mass is 622 g/mol. The summed E-state index contributed by atoms with van der Waals surface area (Å²) in [6.45, 7) is 3.47. The molecule has 0 saturated carbocycles. The van der Waals surface area contributed by atoms with Crippen molar-refractivity contribution in [1.82, 2.24) is 0 Å². The minimum atomic E-state index is -0.169. The summed E-state index contributed by atoms with van der Waals surface area (Å²) >= 11 is 3.62. The number of alkyl halides is 1. The Balaban J connectivity index is 1.35. The van der Waals surface area contributed by atoms with E-state index in [1.54, 1.807) is 0 Å². The largest absolute Gasteiger partial charge is 0.489 e. The van der Waals surface area contributed by atoms with Crippen molar-refractivity contribution in [3.05, 3.63) is 155 Å². The van der Waals surface area contributed by atoms with Crippen molar-refractivity contribution < 1.29 is 18.9 Å². The van der Waals surface area contributed by atoms with Gasteiger partial charge in [0.15, 0.2) is 0 Å². The molecule has 5 aromatic rings. The SMILES string of the molecule is Cc1c(OCc2ccccc2)cc(OCc2ccccc2)cc1O[C@H](CCBr)c1ccc(OCc2ccccc2)cc1. The molecular weight excluding hydrogens is 588 g/mol. The van der Waals surface area contributed by atoms with E-state index in [0.29, 0.717) is 25.6 Å². The lowest BCUT2D eigenvalue weighted by Crippen LogP contribution is -2.10. The van der Waals surface area contributed by atoms with E-state index in [2.05, 4.69) is 64.5 Å². The fourth-order valence-electron chi connectivity index (χ4n) is 4.54. The van der Waals surface area contributed by atoms with E-state index < -0.39 is 0 Å². The third-order valence-corrected chi connectivity index (χ3v) is 7.37. The summed E-state index contributed by atoms with van der Waals surface area (Å²) in [5.41, 5.74) is 5.33. The van der Waals surface area contributed by atoms with Gasteiger partial charge < -0.3 is 18.9 Å². The second kappa shape index (κ2) is 15.1. The lowest BCUT2D eigenvalue weighted by Gasteiger charge is -2.23. The lowest BCUT2D eigenvalue weighted by molar-refractivity contribution is 0.197. The van der Waals surface area contributed by atoms with Gasteiger partial charge in [0, 0.05) is 23.0 Å². The van der Waals surface area contributed by atoms with E-state index in [1.807, 2.05) is 85.8 Å². The zero-order chi connectivity index (χ0) is 29.0. The van der Waals surface area contributed by atoms with Gasteiger partial charge in [0.25, 0.3) is 0 Å². The van der Waals surface area contributed by atoms with Gasteiger partial charge in [-0.1, -0.05) is 119 Å². The second-order valence-corrected chi connectivity index (χ2v) is 10.8. The van der Waals surface area contributed by atoms with Crippen molar-refractivity contribution in [3.8, 4) is 23.0 Å². The van der Waals surface area contributed by atoms with E-state index in [-0.39, 0.29) is 6.10 Å². The molecule has 0 aliphatic heterocycles. The van der Waals surface area contributed by atoms with Gasteiger partial charge in [-0.2, -0.15) is 0 Å². The highest BCUT2D eigenvalue weighted by atomic mass is 79.9. The molecule has 0 radical (unpaired) electrons. The maximum Gasteiger partial charge on any atom is 0.130 e. The third-order valence-electron chi connectivity index (χ3n) is 6.91. The molecule has 0 unspecified atom stereocenters. The first-order chi connectivity index (χ1) is 20.7. The molecule has 0 saturated heterocycles. The summed E-state index contributed by atoms with van der Waals surface area (Å²) in [7, 11) is 0. The predicted molar refractivity (Wildman–Crippen MR) is 172 cm³/mol. The Kier molecular flexibility index (Phi) is 10.5. The van der Waals surface area contributed by atoms with E-state index in [0.717, 1.165) is 56.8 Å². The maximum absolute atomic E-state index is 6.70. The van der Waals surface area contributed by atoms with Gasteiger partial charge in [0.05, 0.1) is 0 Å². The van der Waals surface area contributed by atoms with Crippen molar-refractivity contribution in [2.24, 2.45) is 0 Å². The topological polar surface area (TPSA) is 36.9 Å². The van der Waals surface area contributed by atoms with Crippen LogP contribution < -0.4 is 18.9 Å². The van der Waals surface area contributed by atoms with Crippen LogP contribution >= 0.6 is 15.9 Å². The van der Waals surface area contributed by atoms with Crippen molar-refractivity contribution in [1.29, 1.82) is 0 Å². The van der Waals surface area contributed by atoms with Crippen molar-refractivity contribution in [2.45, 2.75) is 39.3 Å². The Morgan fingerprint density at radius 1 is 0.548 bits per heavy atom. The van der Waals surface area contributed by atoms with Crippen molar-refractivity contribution in [2.75, 3.05) is 5.33 Å². The molecule has 42 heavy (non-hydrogen) atoms. The number of ether oxygens (including phenoxy) is 4. The van der Waals surface area contributed by atoms with Crippen LogP contribution in [0.2, 0.25) is 0 Å². The molecular formula is C37H35BrO4. The number of rotatable bonds is 14. The van der Waals surface area contributed by atoms with Gasteiger partial charge in [-0.05, 0) is 47.7 Å². The van der Waals surface area contributed by atoms with Gasteiger partial charge >= 0.3 is 0 Å². The van der Waals surface area contributed by atoms with Crippen LogP contribution in [0.1, 0.15) is 40.3 Å². The van der Waals surface area contributed by atoms with Crippen molar-refractivity contribution >= 4 is 15.9 Å². The Bertz CT molecular complexity index is 1510. The molecule has 5 rings (SSSR count). The highest BCUT2D eigenvalue weighted by Crippen LogP contribution is 2.38. The molecule has 1 atom stereocenters. The summed E-state index contributed by atoms with van der Waals surface area (Å²) in [6, 6.07) is 42.5. The molecule has 0 heterocycles. The first-order valence-corrected chi connectivity index (χ1v) is 15.3. The molecule has 0 bridgehead atoms. The summed E-state index contributed by atoms with van der Waals surface area (Å²) in [5, 5.41) is 0.796. The number of hydrogen-bond donors (Lipinski definition) is 0. The third kappa shape index (κ3) is 8.40. The Labute approximate surface area is 257 Å². The van der Waals surface area contributed by atoms with Crippen LogP contribution in [0, 0.1) is 6.92 Å². The van der Waals surface area contributed by atoms with E-state index >= 15 is 0 Å². The second-order valence-electron chi connectivity index (χ2n) is 10.0. The molecule has 214 valence electrons. The quantitative estimate of drug-likeness (QED) is 0.116. The van der Waals surface area contributed by atoms with Gasteiger partial charge in [0.1, 0.15) is 48.9 Å². The lowest BCUT2D eigenvalue weighted by atomic mass is 10.1. The molecule has 0 aliphatic rings. The highest BCUT2D eigenvalue weighted by molar-refractivity contribution is 9.09. The number of benzene rings is 5. The Morgan fingerprint density at radius 3 is 1.55 bits per heavy atom. The number of hydrogen-bond acceptors (Lipinski definition) is 4. The van der Waals surface area contributed by atoms with Crippen LogP contribution in [-0.2, 0) is 19.8 Å². The minimum absolute atomic E-state index is 0.169. The fourth-order valence-corrected chi connectivity index (χ4v) is 4.95. The van der Waals surface area contributed by atoms with Crippen molar-refractivity contribution in [3.63, 3.8) is 0 Å². The normalized spacial score (nSPS) is 11.5. The van der Waals surface area contributed by atoms with Gasteiger partial charge in [-0.15, -0.1) is 0 Å². The van der Waals surface area contributed by atoms with E-state index in [4.69, 9.17) is 18.9 Å². The van der Waals surface area contributed by atoms with Crippen LogP contribution in [0.25, 0.3) is 0 Å². The molecule has 5 aromatic carbocycles. The predicted octanol–water partition coefficient (Wildman–Crippen LogP) is 9.64. The van der Waals surface area contributed by atoms with Crippen LogP contribution in [0.4, 0.5) is 0 Å². The van der Waals surface area contributed by atoms with Gasteiger partial charge in [-0.25, -0.2) is 0 Å². The standard InChI is InChI=1S/C37H35BrO4/c1-28-36(41-27-31-15-9-4-10-16-31)23-34(40-26-30-13-7-3-8-14-30)24-37(28)42-35(21-22-38)32-17-19-33(20-18-32)39-25-29-11-5-2-6-12-29/h2-20,23-24,35H,21-22,25-27H2,1H3/t35-/m1/s1. The zero-order valence-electron chi connectivity index (χ0n) is 23.7. The molecule has 0 spiro atoms. The summed E-state index contributed by atoms with van der Waals surface area (Å²) < 4.78 is 25.2. The molecule has 0 fully saturated rings. The van der Waals surface area contributed by atoms with Crippen LogP contribution in [0.3, 0.4) is 0 Å². The maximum atomic E-state index is 6.70. The number of halogens is 1. The Hall–Kier alpha value is -4.22. The van der Waals surface area contributed by atoms with Crippen LogP contribution in [-0.4, -0.2) is 5.33 Å². The zero-order valence-corrected chi connectivity index (χ0v) is 25.3. The van der Waals surface area contributed by atoms with E-state index in [9.17, 15) is 0 Å². The summed E-state index contributed by atoms with van der Waals surface area (Å²) in [6.07, 6.45) is 0.622. The van der Waals surface area contributed by atoms with Crippen LogP contribution in [0.15, 0.2) is 127 Å². The minimum Gasteiger partial charge on any atom is -0.489 e. The van der Waals surface area contributed by atoms with Crippen LogP contribution in [0.5, 0.6) is 23.0 Å². The smallest absolute Gasteiger partial charge is 0.130 e. The molecule has 0 amide bonds. The summed E-state index contributed by atoms with van der Waals surface area (Å²) in [5.74, 6) is 3.00. The molecule has 0 aliphatic carbocycles. The van der Waals surface area contributed by atoms with Gasteiger partial charge in [0.2, 0.25) is 0 Å². The molecule has 4 nitrogen and oxygen atoms in total. The first kappa shape index (κ1) is 29.3.